The fourth-order valence-corrected chi connectivity index (χ4v) is 2.40. The van der Waals surface area contributed by atoms with Gasteiger partial charge in [0.25, 0.3) is 0 Å². The van der Waals surface area contributed by atoms with E-state index in [1.807, 2.05) is 17.8 Å². The summed E-state index contributed by atoms with van der Waals surface area (Å²) in [5.41, 5.74) is 2.39. The summed E-state index contributed by atoms with van der Waals surface area (Å²) in [6.45, 7) is 0.232. The van der Waals surface area contributed by atoms with Crippen LogP contribution in [0, 0.1) is 0 Å². The van der Waals surface area contributed by atoms with Crippen LogP contribution in [0.5, 0.6) is 0 Å². The van der Waals surface area contributed by atoms with Gasteiger partial charge in [-0.3, -0.25) is 4.68 Å². The first-order chi connectivity index (χ1) is 7.24. The van der Waals surface area contributed by atoms with Crippen LogP contribution in [0.2, 0.25) is 0 Å². The number of fused-ring (bicyclic) bond motifs is 1. The molecular formula is C11H13BrN2O. The molecular weight excluding hydrogens is 256 g/mol. The minimum absolute atomic E-state index is 0.232. The molecule has 0 fully saturated rings. The van der Waals surface area contributed by atoms with Crippen molar-refractivity contribution in [3.63, 3.8) is 0 Å². The molecule has 0 bridgehead atoms. The van der Waals surface area contributed by atoms with Crippen molar-refractivity contribution in [3.05, 3.63) is 28.4 Å². The smallest absolute Gasteiger partial charge is 0.135 e. The van der Waals surface area contributed by atoms with Crippen molar-refractivity contribution >= 4 is 26.8 Å². The molecule has 0 aliphatic rings. The maximum absolute atomic E-state index is 8.84. The van der Waals surface area contributed by atoms with Gasteiger partial charge >= 0.3 is 0 Å². The van der Waals surface area contributed by atoms with E-state index in [0.717, 1.165) is 28.3 Å². The summed E-state index contributed by atoms with van der Waals surface area (Å²) in [6.07, 6.45) is 1.68. The summed E-state index contributed by atoms with van der Waals surface area (Å²) in [6, 6.07) is 6.17. The predicted octanol–water partition coefficient (Wildman–Crippen LogP) is 2.26. The van der Waals surface area contributed by atoms with Gasteiger partial charge < -0.3 is 5.11 Å². The Kier molecular flexibility index (Phi) is 3.07. The fraction of sp³-hybridized carbons (Fsp3) is 0.364. The van der Waals surface area contributed by atoms with Crippen molar-refractivity contribution < 1.29 is 5.11 Å². The van der Waals surface area contributed by atoms with Crippen LogP contribution in [0.4, 0.5) is 0 Å². The number of rotatable bonds is 3. The van der Waals surface area contributed by atoms with Crippen molar-refractivity contribution in [1.82, 2.24) is 9.78 Å². The lowest BCUT2D eigenvalue weighted by molar-refractivity contribution is 0.288. The zero-order valence-electron chi connectivity index (χ0n) is 8.57. The first kappa shape index (κ1) is 10.6. The van der Waals surface area contributed by atoms with E-state index in [9.17, 15) is 0 Å². The number of nitrogens with zero attached hydrogens (tertiary/aromatic N) is 2. The van der Waals surface area contributed by atoms with Crippen LogP contribution in [0.1, 0.15) is 12.0 Å². The van der Waals surface area contributed by atoms with Gasteiger partial charge in [-0.25, -0.2) is 0 Å². The Morgan fingerprint density at radius 2 is 2.27 bits per heavy atom. The Morgan fingerprint density at radius 3 is 3.00 bits per heavy atom. The second-order valence-electron chi connectivity index (χ2n) is 3.55. The van der Waals surface area contributed by atoms with Crippen molar-refractivity contribution in [1.29, 1.82) is 0 Å². The molecule has 0 saturated heterocycles. The minimum atomic E-state index is 0.232. The Labute approximate surface area is 96.8 Å². The Balaban J connectivity index is 2.54. The van der Waals surface area contributed by atoms with Crippen LogP contribution < -0.4 is 0 Å². The average Bonchev–Trinajstić information content (AvgIpc) is 2.53. The Morgan fingerprint density at radius 1 is 1.47 bits per heavy atom. The second-order valence-corrected chi connectivity index (χ2v) is 4.31. The van der Waals surface area contributed by atoms with E-state index in [1.54, 1.807) is 0 Å². The molecule has 0 aliphatic heterocycles. The van der Waals surface area contributed by atoms with Gasteiger partial charge in [-0.1, -0.05) is 18.2 Å². The molecule has 1 aromatic heterocycles. The summed E-state index contributed by atoms with van der Waals surface area (Å²) >= 11 is 3.44. The number of aliphatic hydroxyl groups excluding tert-OH is 1. The first-order valence-corrected chi connectivity index (χ1v) is 5.74. The first-order valence-electron chi connectivity index (χ1n) is 4.95. The molecule has 2 rings (SSSR count). The third-order valence-corrected chi connectivity index (χ3v) is 3.09. The number of para-hydroxylation sites is 1. The van der Waals surface area contributed by atoms with Gasteiger partial charge in [0.15, 0.2) is 0 Å². The fourth-order valence-electron chi connectivity index (χ4n) is 1.85. The largest absolute Gasteiger partial charge is 0.396 e. The zero-order valence-corrected chi connectivity index (χ0v) is 10.2. The summed E-state index contributed by atoms with van der Waals surface area (Å²) in [7, 11) is 1.94. The third kappa shape index (κ3) is 1.92. The molecule has 0 atom stereocenters. The molecule has 4 heteroatoms. The highest BCUT2D eigenvalue weighted by molar-refractivity contribution is 9.10. The van der Waals surface area contributed by atoms with E-state index in [1.165, 1.54) is 5.56 Å². The highest BCUT2D eigenvalue weighted by Crippen LogP contribution is 2.26. The Hall–Kier alpha value is -0.870. The van der Waals surface area contributed by atoms with Crippen molar-refractivity contribution in [2.45, 2.75) is 12.8 Å². The van der Waals surface area contributed by atoms with E-state index in [4.69, 9.17) is 5.11 Å². The lowest BCUT2D eigenvalue weighted by Crippen LogP contribution is -1.96. The molecule has 80 valence electrons. The van der Waals surface area contributed by atoms with Gasteiger partial charge in [-0.2, -0.15) is 5.10 Å². The van der Waals surface area contributed by atoms with Crippen LogP contribution in [-0.4, -0.2) is 21.5 Å². The van der Waals surface area contributed by atoms with Crippen molar-refractivity contribution in [2.75, 3.05) is 6.61 Å². The number of hydrogen-bond donors (Lipinski definition) is 1. The number of hydrogen-bond acceptors (Lipinski definition) is 2. The lowest BCUT2D eigenvalue weighted by Gasteiger charge is -2.03. The van der Waals surface area contributed by atoms with Crippen LogP contribution in [0.3, 0.4) is 0 Å². The maximum atomic E-state index is 8.84. The van der Waals surface area contributed by atoms with Gasteiger partial charge in [-0.05, 0) is 34.3 Å². The molecule has 0 aliphatic carbocycles. The molecule has 3 nitrogen and oxygen atoms in total. The monoisotopic (exact) mass is 268 g/mol. The number of aryl methyl sites for hydroxylation is 2. The highest BCUT2D eigenvalue weighted by Gasteiger charge is 2.09. The number of aromatic nitrogens is 2. The quantitative estimate of drug-likeness (QED) is 0.928. The van der Waals surface area contributed by atoms with E-state index < -0.39 is 0 Å². The van der Waals surface area contributed by atoms with E-state index in [0.29, 0.717) is 0 Å². The topological polar surface area (TPSA) is 38.0 Å². The van der Waals surface area contributed by atoms with Crippen LogP contribution in [0.15, 0.2) is 22.8 Å². The molecule has 0 unspecified atom stereocenters. The van der Waals surface area contributed by atoms with E-state index in [2.05, 4.69) is 33.2 Å². The maximum Gasteiger partial charge on any atom is 0.135 e. The van der Waals surface area contributed by atoms with E-state index >= 15 is 0 Å². The van der Waals surface area contributed by atoms with Gasteiger partial charge in [0.05, 0.1) is 5.52 Å². The van der Waals surface area contributed by atoms with Gasteiger partial charge in [-0.15, -0.1) is 0 Å². The molecule has 0 spiro atoms. The standard InChI is InChI=1S/C11H13BrN2O/c1-14-10-8(5-3-7-15)4-2-6-9(10)11(12)13-14/h2,4,6,15H,3,5,7H2,1H3. The number of halogens is 1. The van der Waals surface area contributed by atoms with E-state index in [-0.39, 0.29) is 6.61 Å². The minimum Gasteiger partial charge on any atom is -0.396 e. The normalized spacial score (nSPS) is 11.1. The van der Waals surface area contributed by atoms with Gasteiger partial charge in [0.1, 0.15) is 4.60 Å². The average molecular weight is 269 g/mol. The second kappa shape index (κ2) is 4.33. The van der Waals surface area contributed by atoms with Crippen LogP contribution in [0.25, 0.3) is 10.9 Å². The predicted molar refractivity (Wildman–Crippen MR) is 63.8 cm³/mol. The molecule has 15 heavy (non-hydrogen) atoms. The lowest BCUT2D eigenvalue weighted by atomic mass is 10.1. The van der Waals surface area contributed by atoms with Crippen molar-refractivity contribution in [2.24, 2.45) is 7.05 Å². The number of benzene rings is 1. The highest BCUT2D eigenvalue weighted by atomic mass is 79.9. The summed E-state index contributed by atoms with van der Waals surface area (Å²) in [4.78, 5) is 0. The van der Waals surface area contributed by atoms with Crippen molar-refractivity contribution in [3.8, 4) is 0 Å². The summed E-state index contributed by atoms with van der Waals surface area (Å²) < 4.78 is 2.76. The molecule has 1 heterocycles. The third-order valence-electron chi connectivity index (χ3n) is 2.51. The molecule has 1 aromatic carbocycles. The number of aliphatic hydroxyl groups is 1. The van der Waals surface area contributed by atoms with Gasteiger partial charge in [0.2, 0.25) is 0 Å². The summed E-state index contributed by atoms with van der Waals surface area (Å²) in [5.74, 6) is 0. The molecule has 0 radical (unpaired) electrons. The Bertz CT molecular complexity index is 479. The molecule has 0 amide bonds. The molecule has 2 aromatic rings. The van der Waals surface area contributed by atoms with Gasteiger partial charge in [0, 0.05) is 19.0 Å². The van der Waals surface area contributed by atoms with Crippen LogP contribution >= 0.6 is 15.9 Å². The molecule has 0 saturated carbocycles. The molecule has 1 N–H and O–H groups in total. The van der Waals surface area contributed by atoms with Crippen LogP contribution in [-0.2, 0) is 13.5 Å². The SMILES string of the molecule is Cn1nc(Br)c2cccc(CCCO)c21. The zero-order chi connectivity index (χ0) is 10.8. The summed E-state index contributed by atoms with van der Waals surface area (Å²) in [5, 5.41) is 14.3.